The van der Waals surface area contributed by atoms with E-state index in [1.54, 1.807) is 0 Å². The SMILES string of the molecule is [N-]=[N+]=Nc1c(O)cc(C(=O)O)c(ON2C(=O)CCC2=O)c1S(=O)(=O)O. The predicted molar refractivity (Wildman–Crippen MR) is 75.4 cm³/mol. The summed E-state index contributed by atoms with van der Waals surface area (Å²) in [5.74, 6) is -5.85. The molecular formula is C11H8N4O9S. The van der Waals surface area contributed by atoms with Gasteiger partial charge in [-0.05, 0) is 11.6 Å². The normalized spacial score (nSPS) is 14.4. The molecule has 13 nitrogen and oxygen atoms in total. The Kier molecular flexibility index (Phi) is 4.52. The molecule has 0 radical (unpaired) electrons. The highest BCUT2D eigenvalue weighted by Crippen LogP contribution is 2.43. The molecule has 1 heterocycles. The van der Waals surface area contributed by atoms with Gasteiger partial charge >= 0.3 is 5.97 Å². The molecule has 0 saturated carbocycles. The number of carbonyl (C=O) groups is 3. The molecule has 0 aromatic heterocycles. The van der Waals surface area contributed by atoms with Gasteiger partial charge in [0.05, 0.1) is 0 Å². The van der Waals surface area contributed by atoms with E-state index in [2.05, 4.69) is 10.0 Å². The number of aromatic hydroxyl groups is 1. The van der Waals surface area contributed by atoms with Gasteiger partial charge in [0, 0.05) is 17.8 Å². The molecule has 1 aromatic rings. The molecule has 0 atom stereocenters. The summed E-state index contributed by atoms with van der Waals surface area (Å²) in [6.45, 7) is 0. The van der Waals surface area contributed by atoms with Crippen LogP contribution in [0.25, 0.3) is 10.4 Å². The van der Waals surface area contributed by atoms with Crippen LogP contribution < -0.4 is 4.84 Å². The maximum Gasteiger partial charge on any atom is 0.339 e. The van der Waals surface area contributed by atoms with Crippen molar-refractivity contribution in [3.63, 3.8) is 0 Å². The number of benzene rings is 1. The van der Waals surface area contributed by atoms with Crippen molar-refractivity contribution in [3.05, 3.63) is 22.1 Å². The molecule has 1 aliphatic rings. The summed E-state index contributed by atoms with van der Waals surface area (Å²) in [4.78, 5) is 40.2. The number of amides is 2. The number of hydroxylamine groups is 2. The zero-order valence-electron chi connectivity index (χ0n) is 12.0. The Balaban J connectivity index is 2.84. The summed E-state index contributed by atoms with van der Waals surface area (Å²) in [5.41, 5.74) is 6.40. The lowest BCUT2D eigenvalue weighted by Crippen LogP contribution is -2.33. The number of rotatable bonds is 5. The van der Waals surface area contributed by atoms with E-state index in [0.29, 0.717) is 6.07 Å². The Morgan fingerprint density at radius 2 is 1.88 bits per heavy atom. The Bertz CT molecular complexity index is 933. The monoisotopic (exact) mass is 372 g/mol. The fourth-order valence-corrected chi connectivity index (χ4v) is 2.77. The van der Waals surface area contributed by atoms with E-state index in [0.717, 1.165) is 0 Å². The van der Waals surface area contributed by atoms with Gasteiger partial charge in [-0.3, -0.25) is 14.1 Å². The lowest BCUT2D eigenvalue weighted by molar-refractivity contribution is -0.165. The number of hydrogen-bond acceptors (Lipinski definition) is 8. The van der Waals surface area contributed by atoms with Crippen molar-refractivity contribution in [1.82, 2.24) is 5.06 Å². The van der Waals surface area contributed by atoms with Crippen LogP contribution in [0.2, 0.25) is 0 Å². The van der Waals surface area contributed by atoms with Gasteiger partial charge in [-0.2, -0.15) is 8.42 Å². The van der Waals surface area contributed by atoms with E-state index in [4.69, 9.17) is 15.5 Å². The zero-order valence-corrected chi connectivity index (χ0v) is 12.8. The molecule has 2 rings (SSSR count). The highest BCUT2D eigenvalue weighted by molar-refractivity contribution is 7.86. The molecule has 1 saturated heterocycles. The van der Waals surface area contributed by atoms with Crippen LogP contribution in [0, 0.1) is 0 Å². The molecule has 25 heavy (non-hydrogen) atoms. The molecule has 2 amide bonds. The second kappa shape index (κ2) is 6.27. The van der Waals surface area contributed by atoms with Gasteiger partial charge in [0.25, 0.3) is 21.9 Å². The van der Waals surface area contributed by atoms with E-state index >= 15 is 0 Å². The standard InChI is InChI=1S/C11H8N4O9S/c12-14-13-8-5(16)3-4(11(19)20)9(10(8)25(21,22)23)24-15-6(17)1-2-7(15)18/h3,16H,1-2H2,(H,19,20)(H,21,22,23). The third-order valence-electron chi connectivity index (χ3n) is 3.01. The molecule has 0 aliphatic carbocycles. The summed E-state index contributed by atoms with van der Waals surface area (Å²) >= 11 is 0. The number of hydrogen-bond donors (Lipinski definition) is 3. The molecule has 0 unspecified atom stereocenters. The van der Waals surface area contributed by atoms with Crippen molar-refractivity contribution in [2.24, 2.45) is 5.11 Å². The molecule has 3 N–H and O–H groups in total. The first-order chi connectivity index (χ1) is 11.6. The molecule has 14 heteroatoms. The fourth-order valence-electron chi connectivity index (χ4n) is 2.00. The lowest BCUT2D eigenvalue weighted by atomic mass is 10.1. The number of azide groups is 1. The van der Waals surface area contributed by atoms with Crippen LogP contribution in [0.1, 0.15) is 23.2 Å². The Labute approximate surface area is 138 Å². The molecule has 132 valence electrons. The molecule has 0 bridgehead atoms. The van der Waals surface area contributed by atoms with Crippen LogP contribution >= 0.6 is 0 Å². The second-order valence-electron chi connectivity index (χ2n) is 4.59. The highest BCUT2D eigenvalue weighted by atomic mass is 32.2. The fraction of sp³-hybridized carbons (Fsp3) is 0.182. The van der Waals surface area contributed by atoms with Crippen LogP contribution in [0.5, 0.6) is 11.5 Å². The van der Waals surface area contributed by atoms with Crippen molar-refractivity contribution >= 4 is 33.6 Å². The zero-order chi connectivity index (χ0) is 18.9. The number of carboxylic acids is 1. The minimum atomic E-state index is -5.30. The average Bonchev–Trinajstić information content (AvgIpc) is 2.80. The summed E-state index contributed by atoms with van der Waals surface area (Å²) in [7, 11) is -5.30. The second-order valence-corrected chi connectivity index (χ2v) is 5.95. The van der Waals surface area contributed by atoms with E-state index in [-0.39, 0.29) is 17.9 Å². The van der Waals surface area contributed by atoms with Gasteiger partial charge in [0.15, 0.2) is 10.6 Å². The third kappa shape index (κ3) is 3.30. The smallest absolute Gasteiger partial charge is 0.339 e. The molecule has 1 aromatic carbocycles. The minimum absolute atomic E-state index is 0.118. The highest BCUT2D eigenvalue weighted by Gasteiger charge is 2.37. The topological polar surface area (TPSA) is 207 Å². The molecule has 1 aliphatic heterocycles. The largest absolute Gasteiger partial charge is 0.507 e. The van der Waals surface area contributed by atoms with E-state index in [1.165, 1.54) is 0 Å². The summed E-state index contributed by atoms with van der Waals surface area (Å²) in [6.07, 6.45) is -0.520. The lowest BCUT2D eigenvalue weighted by Gasteiger charge is -2.19. The number of aromatic carboxylic acids is 1. The van der Waals surface area contributed by atoms with Gasteiger partial charge in [-0.15, -0.1) is 5.06 Å². The number of phenolic OH excluding ortho intramolecular Hbond substituents is 1. The first-order valence-electron chi connectivity index (χ1n) is 6.27. The first kappa shape index (κ1) is 18.0. The van der Waals surface area contributed by atoms with E-state index in [1.807, 2.05) is 0 Å². The van der Waals surface area contributed by atoms with Crippen molar-refractivity contribution in [3.8, 4) is 11.5 Å². The number of phenols is 1. The quantitative estimate of drug-likeness (QED) is 0.218. The van der Waals surface area contributed by atoms with Crippen molar-refractivity contribution in [2.45, 2.75) is 17.7 Å². The van der Waals surface area contributed by atoms with Gasteiger partial charge in [-0.1, -0.05) is 5.11 Å². The van der Waals surface area contributed by atoms with Gasteiger partial charge in [0.2, 0.25) is 0 Å². The average molecular weight is 372 g/mol. The van der Waals surface area contributed by atoms with Crippen molar-refractivity contribution in [2.75, 3.05) is 0 Å². The molecular weight excluding hydrogens is 364 g/mol. The van der Waals surface area contributed by atoms with Crippen LogP contribution in [0.3, 0.4) is 0 Å². The Hall–Kier alpha value is -3.35. The summed E-state index contributed by atoms with van der Waals surface area (Å²) < 4.78 is 32.6. The van der Waals surface area contributed by atoms with Gasteiger partial charge < -0.3 is 15.1 Å². The maximum absolute atomic E-state index is 11.6. The summed E-state index contributed by atoms with van der Waals surface area (Å²) in [6, 6.07) is 0.474. The summed E-state index contributed by atoms with van der Waals surface area (Å²) in [5, 5.41) is 21.8. The maximum atomic E-state index is 11.6. The van der Waals surface area contributed by atoms with E-state index in [9.17, 15) is 32.5 Å². The van der Waals surface area contributed by atoms with Crippen LogP contribution in [0.15, 0.2) is 16.1 Å². The van der Waals surface area contributed by atoms with Crippen LogP contribution in [-0.4, -0.2) is 46.0 Å². The van der Waals surface area contributed by atoms with Crippen molar-refractivity contribution < 1.29 is 42.4 Å². The number of imide groups is 1. The van der Waals surface area contributed by atoms with Crippen LogP contribution in [0.4, 0.5) is 5.69 Å². The van der Waals surface area contributed by atoms with Gasteiger partial charge in [-0.25, -0.2) is 4.79 Å². The number of carboxylic acid groups (broad SMARTS) is 1. The molecule has 1 fully saturated rings. The Morgan fingerprint density at radius 3 is 2.32 bits per heavy atom. The Morgan fingerprint density at radius 1 is 1.32 bits per heavy atom. The first-order valence-corrected chi connectivity index (χ1v) is 7.71. The molecule has 0 spiro atoms. The third-order valence-corrected chi connectivity index (χ3v) is 3.91. The van der Waals surface area contributed by atoms with Crippen molar-refractivity contribution in [1.29, 1.82) is 0 Å². The van der Waals surface area contributed by atoms with Crippen LogP contribution in [-0.2, 0) is 19.7 Å². The minimum Gasteiger partial charge on any atom is -0.507 e. The predicted octanol–water partition coefficient (Wildman–Crippen LogP) is 0.722. The van der Waals surface area contributed by atoms with E-state index < -0.39 is 55.5 Å². The van der Waals surface area contributed by atoms with Gasteiger partial charge in [0.1, 0.15) is 17.0 Å². The number of nitrogens with zero attached hydrogens (tertiary/aromatic N) is 4. The number of carbonyl (C=O) groups excluding carboxylic acids is 2.